The fraction of sp³-hybridized carbons (Fsp3) is 0.700. The van der Waals surface area contributed by atoms with Crippen molar-refractivity contribution >= 4 is 0 Å². The molecule has 2 N–H and O–H groups in total. The van der Waals surface area contributed by atoms with Gasteiger partial charge in [-0.25, -0.2) is 0 Å². The molecule has 6 atom stereocenters. The molecule has 1 fully saturated rings. The van der Waals surface area contributed by atoms with Crippen LogP contribution in [0, 0.1) is 17.8 Å². The molecule has 3 aliphatic rings. The zero-order chi connectivity index (χ0) is 17.6. The number of aliphatic hydroxyl groups is 2. The molecule has 1 aliphatic heterocycles. The number of rotatable bonds is 10. The van der Waals surface area contributed by atoms with E-state index in [4.69, 9.17) is 9.47 Å². The maximum atomic E-state index is 10.2. The lowest BCUT2D eigenvalue weighted by atomic mass is 10.00. The van der Waals surface area contributed by atoms with Crippen molar-refractivity contribution < 1.29 is 19.7 Å². The summed E-state index contributed by atoms with van der Waals surface area (Å²) < 4.78 is 10.9. The Morgan fingerprint density at radius 1 is 1.16 bits per heavy atom. The van der Waals surface area contributed by atoms with Gasteiger partial charge in [0.2, 0.25) is 0 Å². The molecule has 5 heteroatoms. The summed E-state index contributed by atoms with van der Waals surface area (Å²) in [5, 5.41) is 20.1. The Labute approximate surface area is 150 Å². The van der Waals surface area contributed by atoms with Crippen LogP contribution < -0.4 is 0 Å². The Balaban J connectivity index is 1.42. The smallest absolute Gasteiger partial charge is 0.172 e. The summed E-state index contributed by atoms with van der Waals surface area (Å²) >= 11 is 0. The first-order chi connectivity index (χ1) is 12.2. The Morgan fingerprint density at radius 3 is 2.80 bits per heavy atom. The first-order valence-corrected chi connectivity index (χ1v) is 9.54. The summed E-state index contributed by atoms with van der Waals surface area (Å²) in [6.45, 7) is 3.43. The van der Waals surface area contributed by atoms with Crippen LogP contribution in [0.1, 0.15) is 32.6 Å². The van der Waals surface area contributed by atoms with E-state index in [9.17, 15) is 10.2 Å². The number of hydrogen-bond acceptors (Lipinski definition) is 5. The second-order valence-electron chi connectivity index (χ2n) is 7.25. The first-order valence-electron chi connectivity index (χ1n) is 9.54. The molecule has 140 valence electrons. The number of nitrogens with zero attached hydrogens (tertiary/aromatic N) is 1. The molecule has 1 saturated carbocycles. The van der Waals surface area contributed by atoms with Crippen LogP contribution in [0.5, 0.6) is 0 Å². The Hall–Kier alpha value is -1.14. The highest BCUT2D eigenvalue weighted by Gasteiger charge is 2.45. The third-order valence-corrected chi connectivity index (χ3v) is 5.34. The fourth-order valence-electron chi connectivity index (χ4n) is 3.87. The Morgan fingerprint density at radius 2 is 2.04 bits per heavy atom. The standard InChI is InChI=1S/C20H31NO4/c1-2-24-20(23)13-21-11-10-16-12-17(16)18(21)8-9-19(22)25-14-15-6-4-3-5-7-15/h3-6,10-11,15-20,22-23H,2,7-9,12-14H2,1H3. The summed E-state index contributed by atoms with van der Waals surface area (Å²) in [4.78, 5) is 2.18. The number of allylic oxidation sites excluding steroid dienone is 4. The molecule has 0 radical (unpaired) electrons. The minimum Gasteiger partial charge on any atom is -0.369 e. The van der Waals surface area contributed by atoms with Crippen LogP contribution in [0.15, 0.2) is 36.6 Å². The monoisotopic (exact) mass is 349 g/mol. The average Bonchev–Trinajstić information content (AvgIpc) is 3.40. The molecule has 0 aromatic carbocycles. The summed E-state index contributed by atoms with van der Waals surface area (Å²) in [5.74, 6) is 1.67. The van der Waals surface area contributed by atoms with E-state index < -0.39 is 12.6 Å². The van der Waals surface area contributed by atoms with Crippen LogP contribution in [0.3, 0.4) is 0 Å². The van der Waals surface area contributed by atoms with Gasteiger partial charge in [0.1, 0.15) is 0 Å². The number of fused-ring (bicyclic) bond motifs is 1. The molecule has 0 saturated heterocycles. The third-order valence-electron chi connectivity index (χ3n) is 5.34. The molecular weight excluding hydrogens is 318 g/mol. The molecule has 25 heavy (non-hydrogen) atoms. The van der Waals surface area contributed by atoms with Crippen LogP contribution in [0.4, 0.5) is 0 Å². The highest BCUT2D eigenvalue weighted by Crippen LogP contribution is 2.48. The lowest BCUT2D eigenvalue weighted by molar-refractivity contribution is -0.119. The second-order valence-corrected chi connectivity index (χ2v) is 7.25. The summed E-state index contributed by atoms with van der Waals surface area (Å²) in [6, 6.07) is 0.348. The van der Waals surface area contributed by atoms with Gasteiger partial charge >= 0.3 is 0 Å². The van der Waals surface area contributed by atoms with Crippen molar-refractivity contribution in [1.29, 1.82) is 0 Å². The molecular formula is C20H31NO4. The summed E-state index contributed by atoms with van der Waals surface area (Å²) in [5.41, 5.74) is 0. The van der Waals surface area contributed by atoms with Crippen LogP contribution in [-0.4, -0.2) is 53.5 Å². The van der Waals surface area contributed by atoms with E-state index in [0.717, 1.165) is 12.8 Å². The normalized spacial score (nSPS) is 32.5. The zero-order valence-electron chi connectivity index (χ0n) is 15.0. The minimum absolute atomic E-state index is 0.348. The third kappa shape index (κ3) is 5.42. The van der Waals surface area contributed by atoms with Gasteiger partial charge in [0.25, 0.3) is 0 Å². The second kappa shape index (κ2) is 8.99. The molecule has 2 aliphatic carbocycles. The van der Waals surface area contributed by atoms with Gasteiger partial charge in [0.05, 0.1) is 13.2 Å². The van der Waals surface area contributed by atoms with Crippen LogP contribution in [-0.2, 0) is 9.47 Å². The predicted octanol–water partition coefficient (Wildman–Crippen LogP) is 2.42. The van der Waals surface area contributed by atoms with Gasteiger partial charge in [-0.3, -0.25) is 0 Å². The van der Waals surface area contributed by atoms with Crippen molar-refractivity contribution in [3.05, 3.63) is 36.6 Å². The highest BCUT2D eigenvalue weighted by molar-refractivity contribution is 5.12. The van der Waals surface area contributed by atoms with Gasteiger partial charge in [-0.15, -0.1) is 0 Å². The van der Waals surface area contributed by atoms with E-state index in [1.165, 1.54) is 6.42 Å². The zero-order valence-corrected chi connectivity index (χ0v) is 15.0. The first kappa shape index (κ1) is 18.6. The molecule has 5 nitrogen and oxygen atoms in total. The van der Waals surface area contributed by atoms with Gasteiger partial charge in [-0.1, -0.05) is 30.4 Å². The van der Waals surface area contributed by atoms with E-state index in [2.05, 4.69) is 29.3 Å². The number of hydrogen-bond donors (Lipinski definition) is 2. The molecule has 0 bridgehead atoms. The molecule has 0 aromatic rings. The van der Waals surface area contributed by atoms with Crippen LogP contribution >= 0.6 is 0 Å². The molecule has 1 heterocycles. The highest BCUT2D eigenvalue weighted by atomic mass is 16.6. The van der Waals surface area contributed by atoms with E-state index >= 15 is 0 Å². The fourth-order valence-corrected chi connectivity index (χ4v) is 3.87. The van der Waals surface area contributed by atoms with Crippen LogP contribution in [0.25, 0.3) is 0 Å². The van der Waals surface area contributed by atoms with Crippen molar-refractivity contribution in [2.45, 2.75) is 51.2 Å². The quantitative estimate of drug-likeness (QED) is 0.593. The largest absolute Gasteiger partial charge is 0.369 e. The van der Waals surface area contributed by atoms with E-state index in [-0.39, 0.29) is 0 Å². The maximum Gasteiger partial charge on any atom is 0.172 e. The van der Waals surface area contributed by atoms with Gasteiger partial charge < -0.3 is 24.6 Å². The van der Waals surface area contributed by atoms with Gasteiger partial charge in [-0.2, -0.15) is 0 Å². The minimum atomic E-state index is -0.764. The summed E-state index contributed by atoms with van der Waals surface area (Å²) in [6.07, 6.45) is 14.8. The SMILES string of the molecule is CCOC(O)CN1C=CC2CC2C1CCC(O)OCC1C=CC=CC1. The van der Waals surface area contributed by atoms with Crippen LogP contribution in [0.2, 0.25) is 0 Å². The van der Waals surface area contributed by atoms with E-state index in [1.54, 1.807) is 0 Å². The molecule has 0 spiro atoms. The number of β-amino-alcohol motifs (C(OH)–C–C–N with tert-alkyl or cyclic N) is 1. The molecule has 0 amide bonds. The van der Waals surface area contributed by atoms with Crippen molar-refractivity contribution in [2.75, 3.05) is 19.8 Å². The Bertz CT molecular complexity index is 504. The van der Waals surface area contributed by atoms with Crippen molar-refractivity contribution in [3.63, 3.8) is 0 Å². The topological polar surface area (TPSA) is 62.2 Å². The van der Waals surface area contributed by atoms with Crippen molar-refractivity contribution in [3.8, 4) is 0 Å². The average molecular weight is 349 g/mol. The number of ether oxygens (including phenoxy) is 2. The van der Waals surface area contributed by atoms with Gasteiger partial charge in [0.15, 0.2) is 12.6 Å². The van der Waals surface area contributed by atoms with Gasteiger partial charge in [0, 0.05) is 25.0 Å². The number of aliphatic hydroxyl groups excluding tert-OH is 2. The predicted molar refractivity (Wildman–Crippen MR) is 96.4 cm³/mol. The lowest BCUT2D eigenvalue weighted by Crippen LogP contribution is -2.41. The summed E-state index contributed by atoms with van der Waals surface area (Å²) in [7, 11) is 0. The Kier molecular flexibility index (Phi) is 6.70. The van der Waals surface area contributed by atoms with E-state index in [1.807, 2.05) is 19.1 Å². The molecule has 3 rings (SSSR count). The van der Waals surface area contributed by atoms with Gasteiger partial charge in [-0.05, 0) is 44.2 Å². The van der Waals surface area contributed by atoms with Crippen molar-refractivity contribution in [1.82, 2.24) is 4.90 Å². The van der Waals surface area contributed by atoms with Crippen molar-refractivity contribution in [2.24, 2.45) is 17.8 Å². The molecule has 0 aromatic heterocycles. The maximum absolute atomic E-state index is 10.2. The lowest BCUT2D eigenvalue weighted by Gasteiger charge is -2.35. The molecule has 6 unspecified atom stereocenters. The van der Waals surface area contributed by atoms with E-state index in [0.29, 0.717) is 50.0 Å².